The third-order valence-electron chi connectivity index (χ3n) is 3.55. The van der Waals surface area contributed by atoms with E-state index in [4.69, 9.17) is 14.2 Å². The Morgan fingerprint density at radius 2 is 1.74 bits per heavy atom. The monoisotopic (exact) mass is 264 g/mol. The van der Waals surface area contributed by atoms with Crippen LogP contribution in [0.3, 0.4) is 0 Å². The molecule has 0 heterocycles. The molecule has 0 saturated heterocycles. The maximum absolute atomic E-state index is 12.1. The SMILES string of the molecule is COC1[C@H](OC)CCC[C@H]1OC(=O)c1ccccc1. The third-order valence-corrected chi connectivity index (χ3v) is 3.55. The Morgan fingerprint density at radius 3 is 2.37 bits per heavy atom. The molecule has 0 bridgehead atoms. The van der Waals surface area contributed by atoms with Gasteiger partial charge in [-0.05, 0) is 31.4 Å². The van der Waals surface area contributed by atoms with Gasteiger partial charge in [0.05, 0.1) is 11.7 Å². The highest BCUT2D eigenvalue weighted by atomic mass is 16.6. The molecule has 0 N–H and O–H groups in total. The van der Waals surface area contributed by atoms with Gasteiger partial charge in [-0.3, -0.25) is 0 Å². The number of esters is 1. The average Bonchev–Trinajstić information content (AvgIpc) is 2.47. The molecule has 4 nitrogen and oxygen atoms in total. The quantitative estimate of drug-likeness (QED) is 0.783. The van der Waals surface area contributed by atoms with E-state index in [1.165, 1.54) is 0 Å². The first-order valence-electron chi connectivity index (χ1n) is 6.58. The van der Waals surface area contributed by atoms with Crippen molar-refractivity contribution in [2.45, 2.75) is 37.6 Å². The van der Waals surface area contributed by atoms with Crippen LogP contribution < -0.4 is 0 Å². The predicted octanol–water partition coefficient (Wildman–Crippen LogP) is 2.43. The molecule has 19 heavy (non-hydrogen) atoms. The zero-order chi connectivity index (χ0) is 13.7. The maximum atomic E-state index is 12.1. The van der Waals surface area contributed by atoms with Crippen molar-refractivity contribution in [3.63, 3.8) is 0 Å². The van der Waals surface area contributed by atoms with Gasteiger partial charge in [0.2, 0.25) is 0 Å². The van der Waals surface area contributed by atoms with Crippen molar-refractivity contribution in [3.8, 4) is 0 Å². The van der Waals surface area contributed by atoms with Crippen molar-refractivity contribution >= 4 is 5.97 Å². The van der Waals surface area contributed by atoms with Gasteiger partial charge in [-0.15, -0.1) is 0 Å². The fraction of sp³-hybridized carbons (Fsp3) is 0.533. The fourth-order valence-corrected chi connectivity index (χ4v) is 2.55. The third kappa shape index (κ3) is 3.33. The molecule has 3 atom stereocenters. The fourth-order valence-electron chi connectivity index (χ4n) is 2.55. The number of carbonyl (C=O) groups excluding carboxylic acids is 1. The van der Waals surface area contributed by atoms with Gasteiger partial charge in [-0.1, -0.05) is 18.2 Å². The van der Waals surface area contributed by atoms with Crippen LogP contribution in [0.2, 0.25) is 0 Å². The first-order chi connectivity index (χ1) is 9.26. The largest absolute Gasteiger partial charge is 0.456 e. The molecule has 0 spiro atoms. The first-order valence-corrected chi connectivity index (χ1v) is 6.58. The van der Waals surface area contributed by atoms with E-state index >= 15 is 0 Å². The Morgan fingerprint density at radius 1 is 1.05 bits per heavy atom. The van der Waals surface area contributed by atoms with Gasteiger partial charge in [0.25, 0.3) is 0 Å². The Balaban J connectivity index is 2.03. The van der Waals surface area contributed by atoms with Crippen LogP contribution >= 0.6 is 0 Å². The Hall–Kier alpha value is -1.39. The van der Waals surface area contributed by atoms with Crippen LogP contribution in [-0.4, -0.2) is 38.5 Å². The second kappa shape index (κ2) is 6.68. The lowest BCUT2D eigenvalue weighted by Gasteiger charge is -2.35. The van der Waals surface area contributed by atoms with Crippen LogP contribution in [0.25, 0.3) is 0 Å². The van der Waals surface area contributed by atoms with Gasteiger partial charge in [-0.25, -0.2) is 4.79 Å². The van der Waals surface area contributed by atoms with Crippen molar-refractivity contribution in [1.82, 2.24) is 0 Å². The first kappa shape index (κ1) is 14.0. The molecule has 1 fully saturated rings. The van der Waals surface area contributed by atoms with Crippen LogP contribution in [0.1, 0.15) is 29.6 Å². The van der Waals surface area contributed by atoms with Gasteiger partial charge >= 0.3 is 5.97 Å². The molecule has 1 unspecified atom stereocenters. The van der Waals surface area contributed by atoms with E-state index in [0.717, 1.165) is 19.3 Å². The van der Waals surface area contributed by atoms with E-state index in [1.54, 1.807) is 26.4 Å². The summed E-state index contributed by atoms with van der Waals surface area (Å²) in [6.07, 6.45) is 2.30. The second-order valence-corrected chi connectivity index (χ2v) is 4.72. The molecule has 0 aromatic heterocycles. The maximum Gasteiger partial charge on any atom is 0.338 e. The minimum atomic E-state index is -0.301. The van der Waals surface area contributed by atoms with Gasteiger partial charge in [0.1, 0.15) is 12.2 Å². The Labute approximate surface area is 113 Å². The summed E-state index contributed by atoms with van der Waals surface area (Å²) in [5, 5.41) is 0. The Kier molecular flexibility index (Phi) is 4.93. The lowest BCUT2D eigenvalue weighted by molar-refractivity contribution is -0.121. The van der Waals surface area contributed by atoms with Crippen molar-refractivity contribution in [3.05, 3.63) is 35.9 Å². The molecule has 0 radical (unpaired) electrons. The molecule has 1 aliphatic carbocycles. The predicted molar refractivity (Wildman–Crippen MR) is 71.1 cm³/mol. The number of benzene rings is 1. The zero-order valence-electron chi connectivity index (χ0n) is 11.4. The molecular formula is C15H20O4. The number of hydrogen-bond donors (Lipinski definition) is 0. The van der Waals surface area contributed by atoms with E-state index in [9.17, 15) is 4.79 Å². The van der Waals surface area contributed by atoms with Gasteiger partial charge < -0.3 is 14.2 Å². The van der Waals surface area contributed by atoms with E-state index in [2.05, 4.69) is 0 Å². The van der Waals surface area contributed by atoms with Crippen LogP contribution in [0.15, 0.2) is 30.3 Å². The standard InChI is InChI=1S/C15H20O4/c1-17-12-9-6-10-13(14(12)18-2)19-15(16)11-7-4-3-5-8-11/h3-5,7-8,12-14H,6,9-10H2,1-2H3/t12-,13-,14?/m1/s1. The van der Waals surface area contributed by atoms with Crippen LogP contribution in [0, 0.1) is 0 Å². The summed E-state index contributed by atoms with van der Waals surface area (Å²) in [5.74, 6) is -0.301. The molecule has 4 heteroatoms. The van der Waals surface area contributed by atoms with Crippen molar-refractivity contribution in [2.24, 2.45) is 0 Å². The highest BCUT2D eigenvalue weighted by Gasteiger charge is 2.36. The highest BCUT2D eigenvalue weighted by Crippen LogP contribution is 2.26. The molecule has 1 aromatic carbocycles. The molecule has 1 aliphatic rings. The smallest absolute Gasteiger partial charge is 0.338 e. The molecule has 0 aliphatic heterocycles. The van der Waals surface area contributed by atoms with Crippen LogP contribution in [-0.2, 0) is 14.2 Å². The lowest BCUT2D eigenvalue weighted by Crippen LogP contribution is -2.45. The number of methoxy groups -OCH3 is 2. The van der Waals surface area contributed by atoms with Gasteiger partial charge in [-0.2, -0.15) is 0 Å². The van der Waals surface area contributed by atoms with Gasteiger partial charge in [0.15, 0.2) is 0 Å². The minimum absolute atomic E-state index is 0.00711. The van der Waals surface area contributed by atoms with Crippen molar-refractivity contribution < 1.29 is 19.0 Å². The molecule has 1 aromatic rings. The summed E-state index contributed by atoms with van der Waals surface area (Å²) in [6, 6.07) is 9.02. The molecule has 1 saturated carbocycles. The van der Waals surface area contributed by atoms with E-state index in [1.807, 2.05) is 18.2 Å². The molecule has 104 valence electrons. The van der Waals surface area contributed by atoms with E-state index in [-0.39, 0.29) is 24.3 Å². The summed E-state index contributed by atoms with van der Waals surface area (Å²) in [4.78, 5) is 12.1. The lowest BCUT2D eigenvalue weighted by atomic mass is 9.91. The van der Waals surface area contributed by atoms with E-state index in [0.29, 0.717) is 5.56 Å². The Bertz CT molecular complexity index is 404. The highest BCUT2D eigenvalue weighted by molar-refractivity contribution is 5.89. The topological polar surface area (TPSA) is 44.8 Å². The van der Waals surface area contributed by atoms with Crippen molar-refractivity contribution in [2.75, 3.05) is 14.2 Å². The van der Waals surface area contributed by atoms with Crippen LogP contribution in [0.4, 0.5) is 0 Å². The van der Waals surface area contributed by atoms with Crippen LogP contribution in [0.5, 0.6) is 0 Å². The zero-order valence-corrected chi connectivity index (χ0v) is 11.4. The number of rotatable bonds is 4. The summed E-state index contributed by atoms with van der Waals surface area (Å²) in [7, 11) is 3.30. The number of carbonyl (C=O) groups is 1. The normalized spacial score (nSPS) is 26.9. The number of ether oxygens (including phenoxy) is 3. The molecular weight excluding hydrogens is 244 g/mol. The average molecular weight is 264 g/mol. The summed E-state index contributed by atoms with van der Waals surface area (Å²) < 4.78 is 16.4. The minimum Gasteiger partial charge on any atom is -0.456 e. The summed E-state index contributed by atoms with van der Waals surface area (Å²) >= 11 is 0. The van der Waals surface area contributed by atoms with E-state index < -0.39 is 0 Å². The summed E-state index contributed by atoms with van der Waals surface area (Å²) in [6.45, 7) is 0. The summed E-state index contributed by atoms with van der Waals surface area (Å²) in [5.41, 5.74) is 0.567. The molecule has 0 amide bonds. The number of hydrogen-bond acceptors (Lipinski definition) is 4. The molecule has 2 rings (SSSR count). The second-order valence-electron chi connectivity index (χ2n) is 4.72. The van der Waals surface area contributed by atoms with Crippen molar-refractivity contribution in [1.29, 1.82) is 0 Å². The van der Waals surface area contributed by atoms with Gasteiger partial charge in [0, 0.05) is 14.2 Å².